The molecule has 4 nitrogen and oxygen atoms in total. The van der Waals surface area contributed by atoms with E-state index in [-0.39, 0.29) is 6.04 Å². The fourth-order valence-electron chi connectivity index (χ4n) is 3.12. The van der Waals surface area contributed by atoms with Crippen molar-refractivity contribution in [1.29, 1.82) is 0 Å². The summed E-state index contributed by atoms with van der Waals surface area (Å²) >= 11 is 0. The summed E-state index contributed by atoms with van der Waals surface area (Å²) in [7, 11) is 0. The fourth-order valence-corrected chi connectivity index (χ4v) is 3.12. The smallest absolute Gasteiger partial charge is 0.320 e. The Morgan fingerprint density at radius 3 is 2.47 bits per heavy atom. The van der Waals surface area contributed by atoms with Crippen molar-refractivity contribution in [1.82, 2.24) is 10.2 Å². The third kappa shape index (κ3) is 3.19. The minimum absolute atomic E-state index is 0.374. The van der Waals surface area contributed by atoms with Gasteiger partial charge in [-0.25, -0.2) is 0 Å². The van der Waals surface area contributed by atoms with Crippen LogP contribution in [-0.2, 0) is 4.79 Å². The van der Waals surface area contributed by atoms with Crippen molar-refractivity contribution < 1.29 is 9.90 Å². The minimum Gasteiger partial charge on any atom is -0.480 e. The summed E-state index contributed by atoms with van der Waals surface area (Å²) in [5, 5.41) is 12.6. The van der Waals surface area contributed by atoms with Gasteiger partial charge in [0.15, 0.2) is 0 Å². The lowest BCUT2D eigenvalue weighted by atomic mass is 9.83. The molecule has 0 saturated carbocycles. The summed E-state index contributed by atoms with van der Waals surface area (Å²) in [5.41, 5.74) is 0. The largest absolute Gasteiger partial charge is 0.480 e. The van der Waals surface area contributed by atoms with Crippen molar-refractivity contribution in [2.24, 2.45) is 11.8 Å². The molecule has 2 atom stereocenters. The normalized spacial score (nSPS) is 33.9. The van der Waals surface area contributed by atoms with E-state index >= 15 is 0 Å². The first-order chi connectivity index (χ1) is 8.06. The molecule has 3 aliphatic rings. The van der Waals surface area contributed by atoms with Gasteiger partial charge < -0.3 is 15.3 Å². The lowest BCUT2D eigenvalue weighted by Crippen LogP contribution is -2.59. The van der Waals surface area contributed by atoms with Crippen LogP contribution in [0.2, 0.25) is 0 Å². The molecule has 0 aromatic heterocycles. The predicted octanol–water partition coefficient (Wildman–Crippen LogP) is 1.17. The van der Waals surface area contributed by atoms with Crippen molar-refractivity contribution in [3.05, 3.63) is 0 Å². The predicted molar refractivity (Wildman–Crippen MR) is 67.0 cm³/mol. The molecular formula is C13H24N2O2. The van der Waals surface area contributed by atoms with Crippen LogP contribution in [0.4, 0.5) is 0 Å². The van der Waals surface area contributed by atoms with Crippen molar-refractivity contribution in [2.45, 2.75) is 45.2 Å². The second-order valence-corrected chi connectivity index (χ2v) is 5.93. The molecule has 0 amide bonds. The van der Waals surface area contributed by atoms with E-state index in [1.807, 2.05) is 0 Å². The van der Waals surface area contributed by atoms with Gasteiger partial charge in [-0.3, -0.25) is 4.79 Å². The van der Waals surface area contributed by atoms with Gasteiger partial charge in [0.2, 0.25) is 0 Å². The highest BCUT2D eigenvalue weighted by atomic mass is 16.4. The summed E-state index contributed by atoms with van der Waals surface area (Å²) in [5.74, 6) is 0.411. The molecule has 17 heavy (non-hydrogen) atoms. The summed E-state index contributed by atoms with van der Waals surface area (Å²) in [4.78, 5) is 13.7. The Morgan fingerprint density at radius 2 is 2.06 bits per heavy atom. The third-order valence-electron chi connectivity index (χ3n) is 4.08. The Hall–Kier alpha value is -0.610. The molecule has 2 N–H and O–H groups in total. The zero-order valence-electron chi connectivity index (χ0n) is 10.9. The van der Waals surface area contributed by atoms with E-state index in [1.54, 1.807) is 0 Å². The van der Waals surface area contributed by atoms with Gasteiger partial charge in [-0.15, -0.1) is 0 Å². The number of carboxylic acid groups (broad SMARTS) is 1. The van der Waals surface area contributed by atoms with Crippen LogP contribution in [0.3, 0.4) is 0 Å². The number of piperidine rings is 3. The van der Waals surface area contributed by atoms with E-state index in [4.69, 9.17) is 0 Å². The first-order valence-corrected chi connectivity index (χ1v) is 6.77. The zero-order valence-corrected chi connectivity index (χ0v) is 10.9. The SMILES string of the molecule is CC(C)CC(NC1CN2CCC1CC2)C(=O)O. The molecule has 3 rings (SSSR count). The van der Waals surface area contributed by atoms with Gasteiger partial charge in [-0.05, 0) is 44.2 Å². The molecule has 4 heteroatoms. The number of hydrogen-bond acceptors (Lipinski definition) is 3. The number of fused-ring (bicyclic) bond motifs is 3. The standard InChI is InChI=1S/C13H24N2O2/c1-9(2)7-11(13(16)17)14-12-8-15-5-3-10(12)4-6-15/h9-12,14H,3-8H2,1-2H3,(H,16,17). The van der Waals surface area contributed by atoms with Crippen molar-refractivity contribution in [2.75, 3.05) is 19.6 Å². The van der Waals surface area contributed by atoms with E-state index < -0.39 is 5.97 Å². The van der Waals surface area contributed by atoms with Crippen LogP contribution in [0, 0.1) is 11.8 Å². The Morgan fingerprint density at radius 1 is 1.41 bits per heavy atom. The molecular weight excluding hydrogens is 216 g/mol. The fraction of sp³-hybridized carbons (Fsp3) is 0.923. The van der Waals surface area contributed by atoms with E-state index in [1.165, 1.54) is 25.9 Å². The van der Waals surface area contributed by atoms with Crippen molar-refractivity contribution in [3.63, 3.8) is 0 Å². The third-order valence-corrected chi connectivity index (χ3v) is 4.08. The molecule has 3 saturated heterocycles. The molecule has 3 fully saturated rings. The maximum atomic E-state index is 11.2. The quantitative estimate of drug-likeness (QED) is 0.757. The van der Waals surface area contributed by atoms with Crippen molar-refractivity contribution in [3.8, 4) is 0 Å². The van der Waals surface area contributed by atoms with Crippen molar-refractivity contribution >= 4 is 5.97 Å². The molecule has 0 aromatic carbocycles. The minimum atomic E-state index is -0.699. The average Bonchev–Trinajstić information content (AvgIpc) is 2.29. The van der Waals surface area contributed by atoms with Crippen LogP contribution in [0.1, 0.15) is 33.1 Å². The number of nitrogens with one attached hydrogen (secondary N) is 1. The first kappa shape index (κ1) is 12.8. The van der Waals surface area contributed by atoms with Gasteiger partial charge in [-0.1, -0.05) is 13.8 Å². The molecule has 98 valence electrons. The molecule has 2 bridgehead atoms. The van der Waals surface area contributed by atoms with Gasteiger partial charge in [0.1, 0.15) is 6.04 Å². The van der Waals surface area contributed by atoms with Crippen LogP contribution in [-0.4, -0.2) is 47.7 Å². The Balaban J connectivity index is 1.91. The second-order valence-electron chi connectivity index (χ2n) is 5.93. The number of carboxylic acids is 1. The molecule has 0 aromatic rings. The number of nitrogens with zero attached hydrogens (tertiary/aromatic N) is 1. The lowest BCUT2D eigenvalue weighted by Gasteiger charge is -2.46. The van der Waals surface area contributed by atoms with Gasteiger partial charge in [0.25, 0.3) is 0 Å². The highest BCUT2D eigenvalue weighted by Gasteiger charge is 2.36. The second kappa shape index (κ2) is 5.36. The monoisotopic (exact) mass is 240 g/mol. The van der Waals surface area contributed by atoms with Gasteiger partial charge in [0.05, 0.1) is 0 Å². The zero-order chi connectivity index (χ0) is 12.4. The Kier molecular flexibility index (Phi) is 4.05. The highest BCUT2D eigenvalue weighted by Crippen LogP contribution is 2.28. The van der Waals surface area contributed by atoms with Gasteiger partial charge >= 0.3 is 5.97 Å². The van der Waals surface area contributed by atoms with Crippen LogP contribution in [0.5, 0.6) is 0 Å². The van der Waals surface area contributed by atoms with Crippen LogP contribution >= 0.6 is 0 Å². The lowest BCUT2D eigenvalue weighted by molar-refractivity contribution is -0.140. The number of carbonyl (C=O) groups is 1. The summed E-state index contributed by atoms with van der Waals surface area (Å²) < 4.78 is 0. The Bertz CT molecular complexity index is 273. The number of hydrogen-bond donors (Lipinski definition) is 2. The van der Waals surface area contributed by atoms with E-state index in [0.29, 0.717) is 17.9 Å². The highest BCUT2D eigenvalue weighted by molar-refractivity contribution is 5.73. The van der Waals surface area contributed by atoms with E-state index in [2.05, 4.69) is 24.1 Å². The summed E-state index contributed by atoms with van der Waals surface area (Å²) in [6.07, 6.45) is 3.18. The van der Waals surface area contributed by atoms with Gasteiger partial charge in [0, 0.05) is 12.6 Å². The van der Waals surface area contributed by atoms with E-state index in [0.717, 1.165) is 13.0 Å². The molecule has 3 aliphatic heterocycles. The van der Waals surface area contributed by atoms with Crippen LogP contribution in [0.25, 0.3) is 0 Å². The van der Waals surface area contributed by atoms with E-state index in [9.17, 15) is 9.90 Å². The Labute approximate surface area is 103 Å². The molecule has 0 radical (unpaired) electrons. The molecule has 3 heterocycles. The summed E-state index contributed by atoms with van der Waals surface area (Å²) in [6.45, 7) is 7.59. The topological polar surface area (TPSA) is 52.6 Å². The summed E-state index contributed by atoms with van der Waals surface area (Å²) in [6, 6.07) is 0.0119. The molecule has 0 aliphatic carbocycles. The molecule has 0 spiro atoms. The number of aliphatic carboxylic acids is 1. The maximum absolute atomic E-state index is 11.2. The molecule has 2 unspecified atom stereocenters. The average molecular weight is 240 g/mol. The van der Waals surface area contributed by atoms with Crippen LogP contribution in [0.15, 0.2) is 0 Å². The number of rotatable bonds is 5. The maximum Gasteiger partial charge on any atom is 0.320 e. The first-order valence-electron chi connectivity index (χ1n) is 6.77. The van der Waals surface area contributed by atoms with Crippen LogP contribution < -0.4 is 5.32 Å². The van der Waals surface area contributed by atoms with Gasteiger partial charge in [-0.2, -0.15) is 0 Å².